The van der Waals surface area contributed by atoms with Crippen molar-refractivity contribution in [3.63, 3.8) is 0 Å². The lowest BCUT2D eigenvalue weighted by molar-refractivity contribution is 0.171. The van der Waals surface area contributed by atoms with Gasteiger partial charge in [0.1, 0.15) is 13.2 Å². The first-order chi connectivity index (χ1) is 12.4. The van der Waals surface area contributed by atoms with E-state index < -0.39 is 10.0 Å². The summed E-state index contributed by atoms with van der Waals surface area (Å²) in [7, 11) is -3.54. The summed E-state index contributed by atoms with van der Waals surface area (Å²) in [6.07, 6.45) is 1.99. The van der Waals surface area contributed by atoms with Crippen LogP contribution in [0.5, 0.6) is 11.5 Å². The van der Waals surface area contributed by atoms with Crippen LogP contribution >= 0.6 is 23.2 Å². The highest BCUT2D eigenvalue weighted by Gasteiger charge is 2.16. The minimum absolute atomic E-state index is 0.239. The summed E-state index contributed by atoms with van der Waals surface area (Å²) in [5.41, 5.74) is 1.61. The van der Waals surface area contributed by atoms with E-state index >= 15 is 0 Å². The summed E-state index contributed by atoms with van der Waals surface area (Å²) >= 11 is 12.0. The van der Waals surface area contributed by atoms with E-state index in [9.17, 15) is 8.42 Å². The largest absolute Gasteiger partial charge is 0.486 e. The van der Waals surface area contributed by atoms with Gasteiger partial charge in [-0.15, -0.1) is 0 Å². The van der Waals surface area contributed by atoms with E-state index in [1.165, 1.54) is 6.08 Å². The summed E-state index contributed by atoms with van der Waals surface area (Å²) in [5.74, 6) is 1.12. The highest BCUT2D eigenvalue weighted by atomic mass is 35.5. The molecule has 1 N–H and O–H groups in total. The zero-order valence-corrected chi connectivity index (χ0v) is 16.1. The molecular formula is C18H17Cl2NO4S. The Labute approximate surface area is 162 Å². The molecule has 0 atom stereocenters. The number of fused-ring (bicyclic) bond motifs is 1. The summed E-state index contributed by atoms with van der Waals surface area (Å²) in [6, 6.07) is 10.5. The molecule has 5 nitrogen and oxygen atoms in total. The van der Waals surface area contributed by atoms with Crippen molar-refractivity contribution in [3.8, 4) is 11.5 Å². The first-order valence-corrected chi connectivity index (χ1v) is 10.2. The van der Waals surface area contributed by atoms with Gasteiger partial charge < -0.3 is 9.47 Å². The fourth-order valence-corrected chi connectivity index (χ4v) is 3.67. The Bertz CT molecular complexity index is 912. The maximum Gasteiger partial charge on any atom is 0.233 e. The second-order valence-electron chi connectivity index (χ2n) is 5.65. The summed E-state index contributed by atoms with van der Waals surface area (Å²) in [4.78, 5) is 0. The Hall–Kier alpha value is -1.73. The van der Waals surface area contributed by atoms with Crippen LogP contribution in [0.2, 0.25) is 10.0 Å². The maximum absolute atomic E-state index is 12.1. The Morgan fingerprint density at radius 1 is 1.08 bits per heavy atom. The van der Waals surface area contributed by atoms with Crippen LogP contribution in [-0.2, 0) is 16.4 Å². The van der Waals surface area contributed by atoms with Crippen molar-refractivity contribution in [1.29, 1.82) is 0 Å². The molecule has 0 unspecified atom stereocenters. The number of hydrogen-bond donors (Lipinski definition) is 1. The van der Waals surface area contributed by atoms with Crippen LogP contribution in [0.4, 0.5) is 0 Å². The number of sulfonamides is 1. The normalized spacial score (nSPS) is 13.9. The molecule has 1 aliphatic heterocycles. The lowest BCUT2D eigenvalue weighted by Gasteiger charge is -2.20. The van der Waals surface area contributed by atoms with Crippen LogP contribution in [0.15, 0.2) is 41.8 Å². The Balaban J connectivity index is 1.58. The van der Waals surface area contributed by atoms with Crippen molar-refractivity contribution in [2.24, 2.45) is 0 Å². The average molecular weight is 414 g/mol. The highest BCUT2D eigenvalue weighted by Crippen LogP contribution is 2.38. The monoisotopic (exact) mass is 413 g/mol. The molecule has 0 radical (unpaired) electrons. The smallest absolute Gasteiger partial charge is 0.233 e. The minimum Gasteiger partial charge on any atom is -0.486 e. The highest BCUT2D eigenvalue weighted by molar-refractivity contribution is 7.92. The molecule has 0 saturated carbocycles. The van der Waals surface area contributed by atoms with Crippen molar-refractivity contribution >= 4 is 39.3 Å². The number of hydrogen-bond acceptors (Lipinski definition) is 4. The Morgan fingerprint density at radius 2 is 1.81 bits per heavy atom. The van der Waals surface area contributed by atoms with Crippen molar-refractivity contribution < 1.29 is 17.9 Å². The fourth-order valence-electron chi connectivity index (χ4n) is 2.44. The quantitative estimate of drug-likeness (QED) is 0.779. The number of rotatable bonds is 6. The molecule has 8 heteroatoms. The third kappa shape index (κ3) is 5.14. The second kappa shape index (κ2) is 8.31. The van der Waals surface area contributed by atoms with Crippen LogP contribution < -0.4 is 14.2 Å². The topological polar surface area (TPSA) is 64.6 Å². The summed E-state index contributed by atoms with van der Waals surface area (Å²) in [6.45, 7) is 1.17. The number of ether oxygens (including phenoxy) is 2. The molecule has 0 aromatic heterocycles. The SMILES string of the molecule is O=S(=O)(/C=C/c1ccc(Cl)cc1)NCCc1cc(Cl)c2c(c1)OCCO2. The van der Waals surface area contributed by atoms with Crippen molar-refractivity contribution in [2.75, 3.05) is 19.8 Å². The van der Waals surface area contributed by atoms with Gasteiger partial charge >= 0.3 is 0 Å². The van der Waals surface area contributed by atoms with E-state index in [1.807, 2.05) is 6.07 Å². The molecule has 2 aromatic rings. The minimum atomic E-state index is -3.54. The number of benzene rings is 2. The molecule has 0 amide bonds. The zero-order valence-electron chi connectivity index (χ0n) is 13.7. The van der Waals surface area contributed by atoms with Crippen molar-refractivity contribution in [2.45, 2.75) is 6.42 Å². The first-order valence-electron chi connectivity index (χ1n) is 7.94. The van der Waals surface area contributed by atoms with E-state index in [4.69, 9.17) is 32.7 Å². The molecule has 3 rings (SSSR count). The van der Waals surface area contributed by atoms with E-state index in [-0.39, 0.29) is 6.54 Å². The molecule has 0 saturated heterocycles. The predicted octanol–water partition coefficient (Wildman–Crippen LogP) is 3.90. The lowest BCUT2D eigenvalue weighted by Crippen LogP contribution is -2.23. The third-order valence-electron chi connectivity index (χ3n) is 3.68. The molecule has 1 heterocycles. The van der Waals surface area contributed by atoms with Gasteiger partial charge in [0.25, 0.3) is 0 Å². The molecule has 0 fully saturated rings. The van der Waals surface area contributed by atoms with Crippen LogP contribution in [-0.4, -0.2) is 28.2 Å². The first kappa shape index (κ1) is 19.0. The van der Waals surface area contributed by atoms with Gasteiger partial charge in [-0.05, 0) is 47.9 Å². The van der Waals surface area contributed by atoms with Crippen LogP contribution in [0, 0.1) is 0 Å². The van der Waals surface area contributed by atoms with E-state index in [1.54, 1.807) is 30.3 Å². The summed E-state index contributed by atoms with van der Waals surface area (Å²) < 4.78 is 37.6. The van der Waals surface area contributed by atoms with Gasteiger partial charge in [0, 0.05) is 17.0 Å². The van der Waals surface area contributed by atoms with Crippen LogP contribution in [0.3, 0.4) is 0 Å². The van der Waals surface area contributed by atoms with Gasteiger partial charge in [0.05, 0.1) is 5.02 Å². The van der Waals surface area contributed by atoms with E-state index in [2.05, 4.69) is 4.72 Å². The standard InChI is InChI=1S/C18H17Cl2NO4S/c19-15-3-1-13(2-4-15)6-10-26(22,23)21-7-5-14-11-16(20)18-17(12-14)24-8-9-25-18/h1-4,6,10-12,21H,5,7-9H2/b10-6+. The average Bonchev–Trinajstić information content (AvgIpc) is 2.61. The van der Waals surface area contributed by atoms with Gasteiger partial charge in [-0.1, -0.05) is 35.3 Å². The van der Waals surface area contributed by atoms with Gasteiger partial charge in [-0.2, -0.15) is 0 Å². The molecule has 138 valence electrons. The van der Waals surface area contributed by atoms with E-state index in [0.29, 0.717) is 41.2 Å². The van der Waals surface area contributed by atoms with Gasteiger partial charge in [-0.3, -0.25) is 0 Å². The lowest BCUT2D eigenvalue weighted by atomic mass is 10.1. The molecule has 0 spiro atoms. The second-order valence-corrected chi connectivity index (χ2v) is 8.14. The zero-order chi connectivity index (χ0) is 18.6. The summed E-state index contributed by atoms with van der Waals surface area (Å²) in [5, 5.41) is 2.19. The van der Waals surface area contributed by atoms with Crippen LogP contribution in [0.25, 0.3) is 6.08 Å². The molecule has 2 aromatic carbocycles. The van der Waals surface area contributed by atoms with Gasteiger partial charge in [-0.25, -0.2) is 13.1 Å². The molecule has 0 aliphatic carbocycles. The van der Waals surface area contributed by atoms with Crippen molar-refractivity contribution in [3.05, 3.63) is 63.0 Å². The van der Waals surface area contributed by atoms with E-state index in [0.717, 1.165) is 16.5 Å². The van der Waals surface area contributed by atoms with Crippen molar-refractivity contribution in [1.82, 2.24) is 4.72 Å². The molecule has 26 heavy (non-hydrogen) atoms. The predicted molar refractivity (Wildman–Crippen MR) is 104 cm³/mol. The Kier molecular flexibility index (Phi) is 6.09. The van der Waals surface area contributed by atoms with Gasteiger partial charge in [0.15, 0.2) is 11.5 Å². The maximum atomic E-state index is 12.1. The fraction of sp³-hybridized carbons (Fsp3) is 0.222. The third-order valence-corrected chi connectivity index (χ3v) is 5.32. The molecule has 0 bridgehead atoms. The Morgan fingerprint density at radius 3 is 2.58 bits per heavy atom. The van der Waals surface area contributed by atoms with Crippen LogP contribution in [0.1, 0.15) is 11.1 Å². The van der Waals surface area contributed by atoms with Gasteiger partial charge in [0.2, 0.25) is 10.0 Å². The molecular weight excluding hydrogens is 397 g/mol. The number of nitrogens with one attached hydrogen (secondary N) is 1. The number of halogens is 2. The molecule has 1 aliphatic rings.